The van der Waals surface area contributed by atoms with Gasteiger partial charge in [-0.05, 0) is 31.9 Å². The summed E-state index contributed by atoms with van der Waals surface area (Å²) in [6.45, 7) is 5.35. The van der Waals surface area contributed by atoms with E-state index in [1.165, 1.54) is 0 Å². The summed E-state index contributed by atoms with van der Waals surface area (Å²) in [5.41, 5.74) is 8.23. The van der Waals surface area contributed by atoms with Gasteiger partial charge in [0.1, 0.15) is 0 Å². The first-order chi connectivity index (χ1) is 9.17. The molecule has 1 atom stereocenters. The van der Waals surface area contributed by atoms with E-state index >= 15 is 0 Å². The molecule has 0 aliphatic rings. The molecule has 0 unspecified atom stereocenters. The van der Waals surface area contributed by atoms with Crippen LogP contribution in [0.4, 0.5) is 0 Å². The van der Waals surface area contributed by atoms with E-state index in [9.17, 15) is 4.79 Å². The van der Waals surface area contributed by atoms with Gasteiger partial charge in [-0.2, -0.15) is 0 Å². The smallest absolute Gasteiger partial charge is 0.239 e. The molecule has 2 aromatic rings. The molecule has 0 spiro atoms. The Kier molecular flexibility index (Phi) is 4.22. The molecule has 2 rings (SSSR count). The highest BCUT2D eigenvalue weighted by Gasteiger charge is 2.20. The number of carbonyl (C=O) groups excluding carboxylic acids is 1. The maximum absolute atomic E-state index is 12.2. The van der Waals surface area contributed by atoms with Crippen molar-refractivity contribution < 1.29 is 4.79 Å². The van der Waals surface area contributed by atoms with Crippen LogP contribution in [0.3, 0.4) is 0 Å². The second-order valence-corrected chi connectivity index (χ2v) is 4.68. The quantitative estimate of drug-likeness (QED) is 0.861. The maximum atomic E-state index is 12.2. The van der Waals surface area contributed by atoms with Gasteiger partial charge in [-0.3, -0.25) is 4.79 Å². The van der Waals surface area contributed by atoms with E-state index in [0.29, 0.717) is 19.5 Å². The highest BCUT2D eigenvalue weighted by atomic mass is 16.2. The van der Waals surface area contributed by atoms with Crippen molar-refractivity contribution >= 4 is 16.8 Å². The number of carbonyl (C=O) groups is 1. The zero-order chi connectivity index (χ0) is 13.8. The number of likely N-dealkylation sites (N-methyl/N-ethyl adjacent to an activating group) is 1. The van der Waals surface area contributed by atoms with Gasteiger partial charge in [-0.25, -0.2) is 0 Å². The first-order valence-corrected chi connectivity index (χ1v) is 6.76. The number of hydrogen-bond donors (Lipinski definition) is 2. The molecule has 1 amide bonds. The molecule has 1 aromatic carbocycles. The Morgan fingerprint density at radius 1 is 1.32 bits per heavy atom. The summed E-state index contributed by atoms with van der Waals surface area (Å²) in [5.74, 6) is 0.0234. The summed E-state index contributed by atoms with van der Waals surface area (Å²) in [6, 6.07) is 7.59. The molecule has 0 aliphatic carbocycles. The Morgan fingerprint density at radius 2 is 2.00 bits per heavy atom. The molecule has 0 aliphatic heterocycles. The topological polar surface area (TPSA) is 62.1 Å². The van der Waals surface area contributed by atoms with Gasteiger partial charge >= 0.3 is 0 Å². The lowest BCUT2D eigenvalue weighted by atomic mass is 10.0. The van der Waals surface area contributed by atoms with Crippen LogP contribution in [0.1, 0.15) is 19.4 Å². The second kappa shape index (κ2) is 5.89. The molecule has 0 radical (unpaired) electrons. The highest BCUT2D eigenvalue weighted by Crippen LogP contribution is 2.19. The largest absolute Gasteiger partial charge is 0.361 e. The fourth-order valence-electron chi connectivity index (χ4n) is 2.39. The molecule has 1 heterocycles. The summed E-state index contributed by atoms with van der Waals surface area (Å²) in [7, 11) is 0. The number of benzene rings is 1. The maximum Gasteiger partial charge on any atom is 0.239 e. The number of aromatic nitrogens is 1. The van der Waals surface area contributed by atoms with E-state index < -0.39 is 6.04 Å². The summed E-state index contributed by atoms with van der Waals surface area (Å²) in [5, 5.41) is 1.14. The number of nitrogens with two attached hydrogens (primary N) is 1. The van der Waals surface area contributed by atoms with Crippen molar-refractivity contribution in [1.82, 2.24) is 9.88 Å². The molecular weight excluding hydrogens is 238 g/mol. The Bertz CT molecular complexity index is 557. The lowest BCUT2D eigenvalue weighted by molar-refractivity contribution is -0.132. The third kappa shape index (κ3) is 2.79. The normalized spacial score (nSPS) is 12.6. The van der Waals surface area contributed by atoms with Crippen LogP contribution >= 0.6 is 0 Å². The van der Waals surface area contributed by atoms with E-state index in [4.69, 9.17) is 5.73 Å². The molecular formula is C15H21N3O. The van der Waals surface area contributed by atoms with Gasteiger partial charge < -0.3 is 15.6 Å². The number of amides is 1. The number of nitrogens with zero attached hydrogens (tertiary/aromatic N) is 1. The fourth-order valence-corrected chi connectivity index (χ4v) is 2.39. The van der Waals surface area contributed by atoms with Crippen LogP contribution in [0.25, 0.3) is 10.9 Å². The van der Waals surface area contributed by atoms with E-state index in [1.807, 2.05) is 38.2 Å². The Labute approximate surface area is 113 Å². The van der Waals surface area contributed by atoms with Gasteiger partial charge in [0.2, 0.25) is 5.91 Å². The molecule has 0 bridgehead atoms. The molecule has 0 saturated carbocycles. The molecule has 3 N–H and O–H groups in total. The van der Waals surface area contributed by atoms with Crippen molar-refractivity contribution in [3.8, 4) is 0 Å². The predicted molar refractivity (Wildman–Crippen MR) is 77.9 cm³/mol. The highest BCUT2D eigenvalue weighted by molar-refractivity contribution is 5.86. The van der Waals surface area contributed by atoms with E-state index in [-0.39, 0.29) is 5.91 Å². The van der Waals surface area contributed by atoms with Crippen LogP contribution < -0.4 is 5.73 Å². The summed E-state index contributed by atoms with van der Waals surface area (Å²) in [4.78, 5) is 17.1. The lowest BCUT2D eigenvalue weighted by Gasteiger charge is -2.22. The van der Waals surface area contributed by atoms with Crippen molar-refractivity contribution in [2.75, 3.05) is 13.1 Å². The van der Waals surface area contributed by atoms with E-state index in [0.717, 1.165) is 16.5 Å². The van der Waals surface area contributed by atoms with Crippen LogP contribution in [0.2, 0.25) is 0 Å². The van der Waals surface area contributed by atoms with Gasteiger partial charge in [0, 0.05) is 30.2 Å². The van der Waals surface area contributed by atoms with Crippen molar-refractivity contribution in [2.45, 2.75) is 26.3 Å². The van der Waals surface area contributed by atoms with Crippen molar-refractivity contribution in [3.05, 3.63) is 36.0 Å². The monoisotopic (exact) mass is 259 g/mol. The van der Waals surface area contributed by atoms with Crippen LogP contribution in [0.15, 0.2) is 30.5 Å². The Hall–Kier alpha value is -1.81. The number of H-pyrrole nitrogens is 1. The van der Waals surface area contributed by atoms with Crippen LogP contribution in [-0.4, -0.2) is 34.9 Å². The van der Waals surface area contributed by atoms with Crippen molar-refractivity contribution in [2.24, 2.45) is 5.73 Å². The number of rotatable bonds is 5. The number of aromatic amines is 1. The summed E-state index contributed by atoms with van der Waals surface area (Å²) >= 11 is 0. The van der Waals surface area contributed by atoms with Gasteiger partial charge in [-0.1, -0.05) is 18.2 Å². The summed E-state index contributed by atoms with van der Waals surface area (Å²) < 4.78 is 0. The zero-order valence-electron chi connectivity index (χ0n) is 11.5. The minimum Gasteiger partial charge on any atom is -0.361 e. The van der Waals surface area contributed by atoms with E-state index in [2.05, 4.69) is 11.1 Å². The van der Waals surface area contributed by atoms with Crippen LogP contribution in [-0.2, 0) is 11.2 Å². The summed E-state index contributed by atoms with van der Waals surface area (Å²) in [6.07, 6.45) is 2.51. The minimum absolute atomic E-state index is 0.0234. The van der Waals surface area contributed by atoms with Gasteiger partial charge in [-0.15, -0.1) is 0 Å². The van der Waals surface area contributed by atoms with Crippen molar-refractivity contribution in [1.29, 1.82) is 0 Å². The van der Waals surface area contributed by atoms with Crippen LogP contribution in [0.5, 0.6) is 0 Å². The Balaban J connectivity index is 2.14. The predicted octanol–water partition coefficient (Wildman–Crippen LogP) is 1.91. The first kappa shape index (κ1) is 13.6. The average Bonchev–Trinajstić information content (AvgIpc) is 2.83. The second-order valence-electron chi connectivity index (χ2n) is 4.68. The third-order valence-corrected chi connectivity index (χ3v) is 3.51. The molecule has 4 heteroatoms. The number of hydrogen-bond acceptors (Lipinski definition) is 2. The molecule has 0 saturated heterocycles. The van der Waals surface area contributed by atoms with E-state index in [1.54, 1.807) is 4.90 Å². The minimum atomic E-state index is -0.473. The first-order valence-electron chi connectivity index (χ1n) is 6.76. The molecule has 19 heavy (non-hydrogen) atoms. The number of para-hydroxylation sites is 1. The van der Waals surface area contributed by atoms with Crippen molar-refractivity contribution in [3.63, 3.8) is 0 Å². The van der Waals surface area contributed by atoms with Gasteiger partial charge in [0.05, 0.1) is 6.04 Å². The van der Waals surface area contributed by atoms with Crippen LogP contribution in [0, 0.1) is 0 Å². The fraction of sp³-hybridized carbons (Fsp3) is 0.400. The average molecular weight is 259 g/mol. The van der Waals surface area contributed by atoms with Gasteiger partial charge in [0.15, 0.2) is 0 Å². The zero-order valence-corrected chi connectivity index (χ0v) is 11.5. The molecule has 0 fully saturated rings. The Morgan fingerprint density at radius 3 is 2.68 bits per heavy atom. The third-order valence-electron chi connectivity index (χ3n) is 3.51. The number of fused-ring (bicyclic) bond motifs is 1. The molecule has 102 valence electrons. The lowest BCUT2D eigenvalue weighted by Crippen LogP contribution is -2.44. The van der Waals surface area contributed by atoms with Gasteiger partial charge in [0.25, 0.3) is 0 Å². The SMILES string of the molecule is CCN(CC)C(=O)[C@@H](N)Cc1c[nH]c2ccccc12. The number of nitrogens with one attached hydrogen (secondary N) is 1. The standard InChI is InChI=1S/C15H21N3O/c1-3-18(4-2)15(19)13(16)9-11-10-17-14-8-6-5-7-12(11)14/h5-8,10,13,17H,3-4,9,16H2,1-2H3/t13-/m0/s1. The molecule has 1 aromatic heterocycles. The molecule has 4 nitrogen and oxygen atoms in total.